The van der Waals surface area contributed by atoms with Gasteiger partial charge in [0, 0.05) is 9.35 Å². The molecule has 0 amide bonds. The predicted molar refractivity (Wildman–Crippen MR) is 87.1 cm³/mol. The Morgan fingerprint density at radius 1 is 1.16 bits per heavy atom. The van der Waals surface area contributed by atoms with Gasteiger partial charge in [-0.3, -0.25) is 0 Å². The quantitative estimate of drug-likeness (QED) is 0.640. The first-order valence-corrected chi connectivity index (χ1v) is 8.26. The van der Waals surface area contributed by atoms with Gasteiger partial charge in [0.1, 0.15) is 0 Å². The first-order valence-electron chi connectivity index (χ1n) is 5.68. The molecule has 1 unspecified atom stereocenters. The van der Waals surface area contributed by atoms with Crippen LogP contribution in [0.3, 0.4) is 0 Å². The summed E-state index contributed by atoms with van der Waals surface area (Å²) >= 11 is 9.06. The SMILES string of the molecule is COc1cc(C)c(C(Br)c2sccc2Br)cc1OC. The van der Waals surface area contributed by atoms with Crippen molar-refractivity contribution in [2.75, 3.05) is 14.2 Å². The van der Waals surface area contributed by atoms with Gasteiger partial charge in [-0.1, -0.05) is 15.9 Å². The van der Waals surface area contributed by atoms with Crippen molar-refractivity contribution in [3.8, 4) is 11.5 Å². The van der Waals surface area contributed by atoms with Gasteiger partial charge in [-0.15, -0.1) is 11.3 Å². The Bertz CT molecular complexity index is 581. The summed E-state index contributed by atoms with van der Waals surface area (Å²) in [7, 11) is 3.31. The van der Waals surface area contributed by atoms with Crippen molar-refractivity contribution in [3.05, 3.63) is 44.1 Å². The molecule has 102 valence electrons. The summed E-state index contributed by atoms with van der Waals surface area (Å²) in [5.41, 5.74) is 2.35. The predicted octanol–water partition coefficient (Wildman–Crippen LogP) is 5.32. The molecule has 0 radical (unpaired) electrons. The fourth-order valence-corrected chi connectivity index (χ4v) is 4.86. The molecular formula is C14H14Br2O2S. The molecule has 0 fully saturated rings. The standard InChI is InChI=1S/C14H14Br2O2S/c1-8-6-11(17-2)12(18-3)7-9(8)13(16)14-10(15)4-5-19-14/h4-7,13H,1-3H3. The second kappa shape index (κ2) is 6.29. The lowest BCUT2D eigenvalue weighted by Crippen LogP contribution is -1.98. The highest BCUT2D eigenvalue weighted by Gasteiger charge is 2.19. The van der Waals surface area contributed by atoms with Crippen molar-refractivity contribution in [2.45, 2.75) is 11.8 Å². The van der Waals surface area contributed by atoms with Crippen molar-refractivity contribution >= 4 is 43.2 Å². The second-order valence-corrected chi connectivity index (χ2v) is 6.78. The van der Waals surface area contributed by atoms with E-state index in [0.717, 1.165) is 16.0 Å². The summed E-state index contributed by atoms with van der Waals surface area (Å²) < 4.78 is 11.8. The lowest BCUT2D eigenvalue weighted by atomic mass is 10.0. The minimum absolute atomic E-state index is 0.140. The Morgan fingerprint density at radius 2 is 1.79 bits per heavy atom. The van der Waals surface area contributed by atoms with Crippen molar-refractivity contribution in [3.63, 3.8) is 0 Å². The lowest BCUT2D eigenvalue weighted by molar-refractivity contribution is 0.354. The van der Waals surface area contributed by atoms with Gasteiger partial charge in [0.15, 0.2) is 11.5 Å². The van der Waals surface area contributed by atoms with E-state index in [0.29, 0.717) is 0 Å². The molecule has 0 saturated heterocycles. The van der Waals surface area contributed by atoms with Gasteiger partial charge >= 0.3 is 0 Å². The molecule has 0 saturated carbocycles. The van der Waals surface area contributed by atoms with E-state index in [-0.39, 0.29) is 4.83 Å². The van der Waals surface area contributed by atoms with E-state index >= 15 is 0 Å². The van der Waals surface area contributed by atoms with E-state index in [4.69, 9.17) is 9.47 Å². The molecule has 1 atom stereocenters. The third kappa shape index (κ3) is 2.98. The topological polar surface area (TPSA) is 18.5 Å². The van der Waals surface area contributed by atoms with Crippen LogP contribution in [0.4, 0.5) is 0 Å². The van der Waals surface area contributed by atoms with E-state index in [1.165, 1.54) is 16.0 Å². The average molecular weight is 406 g/mol. The van der Waals surface area contributed by atoms with Crippen molar-refractivity contribution < 1.29 is 9.47 Å². The maximum absolute atomic E-state index is 5.38. The molecule has 2 aromatic rings. The Morgan fingerprint density at radius 3 is 2.32 bits per heavy atom. The van der Waals surface area contributed by atoms with E-state index in [1.807, 2.05) is 12.1 Å². The van der Waals surface area contributed by atoms with Crippen LogP contribution in [-0.4, -0.2) is 14.2 Å². The van der Waals surface area contributed by atoms with Crippen LogP contribution < -0.4 is 9.47 Å². The van der Waals surface area contributed by atoms with E-state index in [2.05, 4.69) is 50.2 Å². The molecular weight excluding hydrogens is 392 g/mol. The van der Waals surface area contributed by atoms with Gasteiger partial charge in [-0.05, 0) is 57.6 Å². The molecule has 0 N–H and O–H groups in total. The van der Waals surface area contributed by atoms with Gasteiger partial charge in [0.25, 0.3) is 0 Å². The maximum atomic E-state index is 5.38. The van der Waals surface area contributed by atoms with Crippen LogP contribution in [-0.2, 0) is 0 Å². The number of halogens is 2. The zero-order valence-corrected chi connectivity index (χ0v) is 14.9. The van der Waals surface area contributed by atoms with Crippen LogP contribution in [0, 0.1) is 6.92 Å². The van der Waals surface area contributed by atoms with Crippen molar-refractivity contribution in [1.29, 1.82) is 0 Å². The molecule has 0 spiro atoms. The van der Waals surface area contributed by atoms with E-state index in [1.54, 1.807) is 25.6 Å². The molecule has 0 aliphatic heterocycles. The van der Waals surface area contributed by atoms with Crippen LogP contribution in [0.5, 0.6) is 11.5 Å². The van der Waals surface area contributed by atoms with Crippen LogP contribution in [0.15, 0.2) is 28.1 Å². The van der Waals surface area contributed by atoms with Crippen LogP contribution in [0.2, 0.25) is 0 Å². The number of aryl methyl sites for hydroxylation is 1. The fourth-order valence-electron chi connectivity index (χ4n) is 1.90. The third-order valence-corrected chi connectivity index (χ3v) is 6.11. The smallest absolute Gasteiger partial charge is 0.161 e. The number of methoxy groups -OCH3 is 2. The molecule has 0 bridgehead atoms. The Hall–Kier alpha value is -0.520. The molecule has 2 nitrogen and oxygen atoms in total. The summed E-state index contributed by atoms with van der Waals surface area (Å²) in [6.45, 7) is 2.08. The Balaban J connectivity index is 2.48. The number of alkyl halides is 1. The molecule has 19 heavy (non-hydrogen) atoms. The minimum atomic E-state index is 0.140. The first-order chi connectivity index (χ1) is 9.08. The molecule has 0 aliphatic carbocycles. The van der Waals surface area contributed by atoms with Crippen LogP contribution >= 0.6 is 43.2 Å². The van der Waals surface area contributed by atoms with Gasteiger partial charge in [0.2, 0.25) is 0 Å². The normalized spacial score (nSPS) is 12.3. The summed E-state index contributed by atoms with van der Waals surface area (Å²) in [4.78, 5) is 1.39. The number of hydrogen-bond acceptors (Lipinski definition) is 3. The molecule has 1 aromatic heterocycles. The van der Waals surface area contributed by atoms with Crippen LogP contribution in [0.1, 0.15) is 20.8 Å². The number of thiophene rings is 1. The number of hydrogen-bond donors (Lipinski definition) is 0. The first kappa shape index (κ1) is 14.9. The highest BCUT2D eigenvalue weighted by molar-refractivity contribution is 9.11. The lowest BCUT2D eigenvalue weighted by Gasteiger charge is -2.16. The molecule has 1 aromatic carbocycles. The van der Waals surface area contributed by atoms with Crippen molar-refractivity contribution in [2.24, 2.45) is 0 Å². The molecule has 2 rings (SSSR count). The number of rotatable bonds is 4. The van der Waals surface area contributed by atoms with Crippen molar-refractivity contribution in [1.82, 2.24) is 0 Å². The summed E-state index contributed by atoms with van der Waals surface area (Å²) in [5, 5.41) is 2.07. The average Bonchev–Trinajstić information content (AvgIpc) is 2.83. The van der Waals surface area contributed by atoms with E-state index in [9.17, 15) is 0 Å². The summed E-state index contributed by atoms with van der Waals surface area (Å²) in [6.07, 6.45) is 0. The zero-order chi connectivity index (χ0) is 14.0. The largest absolute Gasteiger partial charge is 0.493 e. The third-order valence-electron chi connectivity index (χ3n) is 2.92. The van der Waals surface area contributed by atoms with Gasteiger partial charge in [0.05, 0.1) is 19.0 Å². The second-order valence-electron chi connectivity index (χ2n) is 4.06. The Kier molecular flexibility index (Phi) is 4.92. The summed E-state index contributed by atoms with van der Waals surface area (Å²) in [5.74, 6) is 1.51. The number of ether oxygens (including phenoxy) is 2. The van der Waals surface area contributed by atoms with E-state index < -0.39 is 0 Å². The highest BCUT2D eigenvalue weighted by Crippen LogP contribution is 2.43. The number of benzene rings is 1. The molecule has 0 aliphatic rings. The van der Waals surface area contributed by atoms with Gasteiger partial charge in [-0.2, -0.15) is 0 Å². The summed E-state index contributed by atoms with van der Waals surface area (Å²) in [6, 6.07) is 6.09. The molecule has 5 heteroatoms. The fraction of sp³-hybridized carbons (Fsp3) is 0.286. The highest BCUT2D eigenvalue weighted by atomic mass is 79.9. The van der Waals surface area contributed by atoms with Crippen LogP contribution in [0.25, 0.3) is 0 Å². The van der Waals surface area contributed by atoms with Gasteiger partial charge in [-0.25, -0.2) is 0 Å². The Labute approximate surface area is 134 Å². The molecule has 1 heterocycles. The monoisotopic (exact) mass is 404 g/mol. The minimum Gasteiger partial charge on any atom is -0.493 e. The maximum Gasteiger partial charge on any atom is 0.161 e. The zero-order valence-electron chi connectivity index (χ0n) is 10.9. The van der Waals surface area contributed by atoms with Gasteiger partial charge < -0.3 is 9.47 Å².